The second kappa shape index (κ2) is 7.39. The lowest BCUT2D eigenvalue weighted by Crippen LogP contribution is -2.31. The zero-order valence-corrected chi connectivity index (χ0v) is 10.1. The summed E-state index contributed by atoms with van der Waals surface area (Å²) in [4.78, 5) is 0. The zero-order chi connectivity index (χ0) is 11.8. The molecule has 0 spiro atoms. The molecule has 1 atom stereocenters. The molecule has 0 fully saturated rings. The molecule has 0 aliphatic rings. The number of ether oxygens (including phenoxy) is 1. The van der Waals surface area contributed by atoms with E-state index in [9.17, 15) is 0 Å². The summed E-state index contributed by atoms with van der Waals surface area (Å²) in [5.41, 5.74) is 2.43. The number of rotatable bonds is 7. The molecule has 0 unspecified atom stereocenters. The molecule has 1 rings (SSSR count). The fraction of sp³-hybridized carbons (Fsp3) is 0.538. The lowest BCUT2D eigenvalue weighted by molar-refractivity contribution is 0.183. The van der Waals surface area contributed by atoms with Gasteiger partial charge < -0.3 is 15.2 Å². The molecular weight excluding hydrogens is 202 g/mol. The second-order valence-electron chi connectivity index (χ2n) is 3.87. The van der Waals surface area contributed by atoms with Gasteiger partial charge in [0.1, 0.15) is 0 Å². The van der Waals surface area contributed by atoms with Crippen molar-refractivity contribution >= 4 is 0 Å². The van der Waals surface area contributed by atoms with Gasteiger partial charge in [0.05, 0.1) is 13.2 Å². The number of hydrogen-bond donors (Lipinski definition) is 2. The van der Waals surface area contributed by atoms with E-state index in [0.717, 1.165) is 13.0 Å². The summed E-state index contributed by atoms with van der Waals surface area (Å²) < 4.78 is 5.15. The molecule has 1 aromatic rings. The molecule has 0 radical (unpaired) electrons. The van der Waals surface area contributed by atoms with Gasteiger partial charge in [-0.25, -0.2) is 0 Å². The number of hydrogen-bond acceptors (Lipinski definition) is 3. The van der Waals surface area contributed by atoms with Crippen molar-refractivity contribution in [1.82, 2.24) is 5.32 Å². The molecule has 0 heterocycles. The Morgan fingerprint density at radius 3 is 2.56 bits per heavy atom. The first-order valence-electron chi connectivity index (χ1n) is 5.71. The second-order valence-corrected chi connectivity index (χ2v) is 3.87. The summed E-state index contributed by atoms with van der Waals surface area (Å²) in [5.74, 6) is 0. The minimum Gasteiger partial charge on any atom is -0.395 e. The molecular formula is C13H21NO2. The van der Waals surface area contributed by atoms with Gasteiger partial charge in [-0.3, -0.25) is 0 Å². The van der Waals surface area contributed by atoms with Crippen molar-refractivity contribution in [2.24, 2.45) is 0 Å². The van der Waals surface area contributed by atoms with Crippen LogP contribution in [0.15, 0.2) is 24.3 Å². The van der Waals surface area contributed by atoms with Gasteiger partial charge in [-0.2, -0.15) is 0 Å². The summed E-state index contributed by atoms with van der Waals surface area (Å²) in [5, 5.41) is 12.4. The highest BCUT2D eigenvalue weighted by molar-refractivity contribution is 5.26. The molecule has 0 aliphatic carbocycles. The monoisotopic (exact) mass is 223 g/mol. The van der Waals surface area contributed by atoms with Crippen molar-refractivity contribution in [3.05, 3.63) is 35.4 Å². The van der Waals surface area contributed by atoms with Crippen molar-refractivity contribution in [3.63, 3.8) is 0 Å². The van der Waals surface area contributed by atoms with Crippen LogP contribution in [0.1, 0.15) is 24.5 Å². The van der Waals surface area contributed by atoms with Gasteiger partial charge >= 0.3 is 0 Å². The SMILES string of the molecule is CC[C@@H](CO)NCc1ccccc1COC. The number of methoxy groups -OCH3 is 1. The summed E-state index contributed by atoms with van der Waals surface area (Å²) in [7, 11) is 1.70. The molecule has 0 aliphatic heterocycles. The third kappa shape index (κ3) is 3.93. The molecule has 16 heavy (non-hydrogen) atoms. The van der Waals surface area contributed by atoms with Crippen LogP contribution < -0.4 is 5.32 Å². The van der Waals surface area contributed by atoms with E-state index in [0.29, 0.717) is 6.61 Å². The van der Waals surface area contributed by atoms with Gasteiger partial charge in [0.2, 0.25) is 0 Å². The Balaban J connectivity index is 2.58. The van der Waals surface area contributed by atoms with Gasteiger partial charge in [0, 0.05) is 19.7 Å². The van der Waals surface area contributed by atoms with Crippen LogP contribution in [0, 0.1) is 0 Å². The molecule has 1 aromatic carbocycles. The number of aliphatic hydroxyl groups excluding tert-OH is 1. The van der Waals surface area contributed by atoms with Gasteiger partial charge in [-0.05, 0) is 17.5 Å². The molecule has 3 heteroatoms. The van der Waals surface area contributed by atoms with E-state index in [4.69, 9.17) is 9.84 Å². The molecule has 2 N–H and O–H groups in total. The van der Waals surface area contributed by atoms with Gasteiger partial charge in [-0.1, -0.05) is 31.2 Å². The zero-order valence-electron chi connectivity index (χ0n) is 10.1. The Kier molecular flexibility index (Phi) is 6.08. The third-order valence-electron chi connectivity index (χ3n) is 2.71. The quantitative estimate of drug-likeness (QED) is 0.739. The van der Waals surface area contributed by atoms with Gasteiger partial charge in [-0.15, -0.1) is 0 Å². The van der Waals surface area contributed by atoms with Crippen molar-refractivity contribution < 1.29 is 9.84 Å². The molecule has 0 bridgehead atoms. The first-order chi connectivity index (χ1) is 7.81. The molecule has 90 valence electrons. The number of aliphatic hydroxyl groups is 1. The van der Waals surface area contributed by atoms with Crippen LogP contribution in [-0.4, -0.2) is 24.9 Å². The smallest absolute Gasteiger partial charge is 0.0716 e. The Hall–Kier alpha value is -0.900. The van der Waals surface area contributed by atoms with Crippen LogP contribution in [-0.2, 0) is 17.9 Å². The highest BCUT2D eigenvalue weighted by Gasteiger charge is 2.05. The summed E-state index contributed by atoms with van der Waals surface area (Å²) in [6, 6.07) is 8.37. The molecule has 0 aromatic heterocycles. The fourth-order valence-electron chi connectivity index (χ4n) is 1.62. The molecule has 0 amide bonds. The molecule has 0 saturated carbocycles. The Morgan fingerprint density at radius 1 is 1.31 bits per heavy atom. The third-order valence-corrected chi connectivity index (χ3v) is 2.71. The van der Waals surface area contributed by atoms with Crippen molar-refractivity contribution in [1.29, 1.82) is 0 Å². The van der Waals surface area contributed by atoms with E-state index < -0.39 is 0 Å². The lowest BCUT2D eigenvalue weighted by atomic mass is 10.1. The normalized spacial score (nSPS) is 12.7. The Morgan fingerprint density at radius 2 is 2.00 bits per heavy atom. The largest absolute Gasteiger partial charge is 0.395 e. The van der Waals surface area contributed by atoms with E-state index in [-0.39, 0.29) is 12.6 Å². The minimum atomic E-state index is 0.176. The van der Waals surface area contributed by atoms with Crippen LogP contribution in [0.25, 0.3) is 0 Å². The minimum absolute atomic E-state index is 0.176. The van der Waals surface area contributed by atoms with Crippen LogP contribution in [0.5, 0.6) is 0 Å². The van der Waals surface area contributed by atoms with Crippen LogP contribution >= 0.6 is 0 Å². The predicted octanol–water partition coefficient (Wildman–Crippen LogP) is 1.69. The van der Waals surface area contributed by atoms with E-state index in [1.807, 2.05) is 12.1 Å². The predicted molar refractivity (Wildman–Crippen MR) is 65.2 cm³/mol. The first kappa shape index (κ1) is 13.2. The van der Waals surface area contributed by atoms with Crippen LogP contribution in [0.3, 0.4) is 0 Å². The average molecular weight is 223 g/mol. The number of benzene rings is 1. The lowest BCUT2D eigenvalue weighted by Gasteiger charge is -2.15. The van der Waals surface area contributed by atoms with Gasteiger partial charge in [0.15, 0.2) is 0 Å². The highest BCUT2D eigenvalue weighted by Crippen LogP contribution is 2.10. The molecule has 0 saturated heterocycles. The standard InChI is InChI=1S/C13H21NO2/c1-3-13(9-15)14-8-11-6-4-5-7-12(11)10-16-2/h4-7,13-15H,3,8-10H2,1-2H3/t13-/m0/s1. The highest BCUT2D eigenvalue weighted by atomic mass is 16.5. The van der Waals surface area contributed by atoms with Crippen LogP contribution in [0.2, 0.25) is 0 Å². The van der Waals surface area contributed by atoms with E-state index in [1.165, 1.54) is 11.1 Å². The Labute approximate surface area is 97.4 Å². The maximum Gasteiger partial charge on any atom is 0.0716 e. The van der Waals surface area contributed by atoms with E-state index in [2.05, 4.69) is 24.4 Å². The van der Waals surface area contributed by atoms with Crippen molar-refractivity contribution in [2.75, 3.05) is 13.7 Å². The van der Waals surface area contributed by atoms with Crippen molar-refractivity contribution in [3.8, 4) is 0 Å². The van der Waals surface area contributed by atoms with Crippen LogP contribution in [0.4, 0.5) is 0 Å². The average Bonchev–Trinajstić information content (AvgIpc) is 2.33. The number of nitrogens with one attached hydrogen (secondary N) is 1. The summed E-state index contributed by atoms with van der Waals surface area (Å²) in [6.45, 7) is 3.66. The maximum atomic E-state index is 9.09. The summed E-state index contributed by atoms with van der Waals surface area (Å²) >= 11 is 0. The summed E-state index contributed by atoms with van der Waals surface area (Å²) in [6.07, 6.45) is 0.933. The topological polar surface area (TPSA) is 41.5 Å². The maximum absolute atomic E-state index is 9.09. The Bertz CT molecular complexity index is 298. The van der Waals surface area contributed by atoms with E-state index >= 15 is 0 Å². The van der Waals surface area contributed by atoms with Gasteiger partial charge in [0.25, 0.3) is 0 Å². The fourth-order valence-corrected chi connectivity index (χ4v) is 1.62. The van der Waals surface area contributed by atoms with E-state index in [1.54, 1.807) is 7.11 Å². The first-order valence-corrected chi connectivity index (χ1v) is 5.71. The molecule has 3 nitrogen and oxygen atoms in total. The van der Waals surface area contributed by atoms with Crippen molar-refractivity contribution in [2.45, 2.75) is 32.5 Å².